The van der Waals surface area contributed by atoms with Crippen LogP contribution in [-0.4, -0.2) is 27.1 Å². The first kappa shape index (κ1) is 14.4. The fourth-order valence-corrected chi connectivity index (χ4v) is 2.57. The van der Waals surface area contributed by atoms with E-state index in [0.717, 1.165) is 11.5 Å². The molecule has 0 atom stereocenters. The summed E-state index contributed by atoms with van der Waals surface area (Å²) in [5.74, 6) is 0.485. The van der Waals surface area contributed by atoms with Gasteiger partial charge in [0.05, 0.1) is 12.2 Å². The Bertz CT molecular complexity index is 608. The molecule has 1 amide bonds. The standard InChI is InChI=1S/C16H19N5O/c22-16(18-11-13-7-3-4-10-17-13)14-8-9-15(21-20-14)19-12-5-1-2-6-12/h3-4,7-10,12H,1-2,5-6,11H2,(H,18,22)(H,19,21). The molecule has 0 unspecified atom stereocenters. The van der Waals surface area contributed by atoms with E-state index >= 15 is 0 Å². The van der Waals surface area contributed by atoms with E-state index < -0.39 is 0 Å². The molecule has 22 heavy (non-hydrogen) atoms. The van der Waals surface area contributed by atoms with Gasteiger partial charge in [0.25, 0.3) is 5.91 Å². The van der Waals surface area contributed by atoms with Gasteiger partial charge in [0.1, 0.15) is 5.82 Å². The maximum Gasteiger partial charge on any atom is 0.272 e. The van der Waals surface area contributed by atoms with Crippen molar-refractivity contribution in [2.24, 2.45) is 0 Å². The van der Waals surface area contributed by atoms with Gasteiger partial charge >= 0.3 is 0 Å². The molecule has 2 N–H and O–H groups in total. The minimum absolute atomic E-state index is 0.245. The summed E-state index contributed by atoms with van der Waals surface area (Å²) in [6.07, 6.45) is 6.57. The van der Waals surface area contributed by atoms with Crippen LogP contribution in [0.4, 0.5) is 5.82 Å². The topological polar surface area (TPSA) is 79.8 Å². The highest BCUT2D eigenvalue weighted by Gasteiger charge is 2.15. The molecular formula is C16H19N5O. The molecule has 1 fully saturated rings. The average molecular weight is 297 g/mol. The number of aromatic nitrogens is 3. The van der Waals surface area contributed by atoms with Crippen LogP contribution in [0.2, 0.25) is 0 Å². The van der Waals surface area contributed by atoms with Crippen molar-refractivity contribution < 1.29 is 4.79 Å². The molecule has 0 saturated heterocycles. The van der Waals surface area contributed by atoms with Gasteiger partial charge in [-0.3, -0.25) is 9.78 Å². The third-order valence-electron chi connectivity index (χ3n) is 3.76. The van der Waals surface area contributed by atoms with Crippen LogP contribution in [0, 0.1) is 0 Å². The molecule has 0 spiro atoms. The molecule has 1 saturated carbocycles. The second kappa shape index (κ2) is 6.98. The molecule has 3 rings (SSSR count). The summed E-state index contributed by atoms with van der Waals surface area (Å²) in [4.78, 5) is 16.2. The summed E-state index contributed by atoms with van der Waals surface area (Å²) in [6, 6.07) is 9.57. The summed E-state index contributed by atoms with van der Waals surface area (Å²) in [5, 5.41) is 14.2. The monoisotopic (exact) mass is 297 g/mol. The Morgan fingerprint density at radius 2 is 2.00 bits per heavy atom. The lowest BCUT2D eigenvalue weighted by Gasteiger charge is -2.11. The van der Waals surface area contributed by atoms with Crippen molar-refractivity contribution in [3.05, 3.63) is 47.9 Å². The SMILES string of the molecule is O=C(NCc1ccccn1)c1ccc(NC2CCCC2)nn1. The molecule has 0 bridgehead atoms. The van der Waals surface area contributed by atoms with Crippen LogP contribution in [0.25, 0.3) is 0 Å². The van der Waals surface area contributed by atoms with E-state index in [9.17, 15) is 4.79 Å². The van der Waals surface area contributed by atoms with E-state index in [1.54, 1.807) is 18.3 Å². The Hall–Kier alpha value is -2.50. The van der Waals surface area contributed by atoms with Crippen LogP contribution in [0.3, 0.4) is 0 Å². The summed E-state index contributed by atoms with van der Waals surface area (Å²) in [6.45, 7) is 0.378. The van der Waals surface area contributed by atoms with Crippen LogP contribution in [-0.2, 0) is 6.54 Å². The molecular weight excluding hydrogens is 278 g/mol. The van der Waals surface area contributed by atoms with Crippen LogP contribution in [0.5, 0.6) is 0 Å². The minimum Gasteiger partial charge on any atom is -0.366 e. The maximum absolute atomic E-state index is 12.0. The second-order valence-electron chi connectivity index (χ2n) is 5.43. The highest BCUT2D eigenvalue weighted by molar-refractivity contribution is 5.92. The Kier molecular flexibility index (Phi) is 4.58. The van der Waals surface area contributed by atoms with E-state index in [1.807, 2.05) is 18.2 Å². The molecule has 2 aromatic rings. The Morgan fingerprint density at radius 1 is 1.14 bits per heavy atom. The molecule has 0 aliphatic heterocycles. The molecule has 0 aromatic carbocycles. The van der Waals surface area contributed by atoms with Crippen LogP contribution >= 0.6 is 0 Å². The molecule has 2 aromatic heterocycles. The Morgan fingerprint density at radius 3 is 2.68 bits per heavy atom. The third-order valence-corrected chi connectivity index (χ3v) is 3.76. The van der Waals surface area contributed by atoms with E-state index in [4.69, 9.17) is 0 Å². The molecule has 0 radical (unpaired) electrons. The predicted molar refractivity (Wildman–Crippen MR) is 83.3 cm³/mol. The quantitative estimate of drug-likeness (QED) is 0.884. The predicted octanol–water partition coefficient (Wildman–Crippen LogP) is 2.16. The molecule has 114 valence electrons. The number of anilines is 1. The van der Waals surface area contributed by atoms with Gasteiger partial charge in [0.2, 0.25) is 0 Å². The number of amides is 1. The van der Waals surface area contributed by atoms with Crippen molar-refractivity contribution in [1.82, 2.24) is 20.5 Å². The van der Waals surface area contributed by atoms with Gasteiger partial charge in [0, 0.05) is 12.2 Å². The molecule has 2 heterocycles. The van der Waals surface area contributed by atoms with Gasteiger partial charge in [0.15, 0.2) is 5.69 Å². The van der Waals surface area contributed by atoms with E-state index in [-0.39, 0.29) is 5.91 Å². The maximum atomic E-state index is 12.0. The summed E-state index contributed by atoms with van der Waals surface area (Å²) in [7, 11) is 0. The van der Waals surface area contributed by atoms with Crippen molar-refractivity contribution >= 4 is 11.7 Å². The fraction of sp³-hybridized carbons (Fsp3) is 0.375. The van der Waals surface area contributed by atoms with Crippen molar-refractivity contribution in [2.75, 3.05) is 5.32 Å². The normalized spacial score (nSPS) is 14.7. The van der Waals surface area contributed by atoms with Crippen molar-refractivity contribution in [2.45, 2.75) is 38.3 Å². The van der Waals surface area contributed by atoms with Gasteiger partial charge < -0.3 is 10.6 Å². The highest BCUT2D eigenvalue weighted by atomic mass is 16.1. The zero-order valence-electron chi connectivity index (χ0n) is 12.3. The van der Waals surface area contributed by atoms with E-state index in [0.29, 0.717) is 18.3 Å². The molecule has 1 aliphatic rings. The number of carbonyl (C=O) groups is 1. The van der Waals surface area contributed by atoms with Crippen LogP contribution in [0.15, 0.2) is 36.5 Å². The van der Waals surface area contributed by atoms with Gasteiger partial charge in [-0.1, -0.05) is 18.9 Å². The number of hydrogen-bond donors (Lipinski definition) is 2. The fourth-order valence-electron chi connectivity index (χ4n) is 2.57. The van der Waals surface area contributed by atoms with Gasteiger partial charge in [-0.25, -0.2) is 0 Å². The molecule has 6 nitrogen and oxygen atoms in total. The van der Waals surface area contributed by atoms with E-state index in [2.05, 4.69) is 25.8 Å². The first-order chi connectivity index (χ1) is 10.8. The number of pyridine rings is 1. The lowest BCUT2D eigenvalue weighted by Crippen LogP contribution is -2.25. The number of nitrogens with one attached hydrogen (secondary N) is 2. The number of hydrogen-bond acceptors (Lipinski definition) is 5. The van der Waals surface area contributed by atoms with Crippen LogP contribution in [0.1, 0.15) is 41.9 Å². The van der Waals surface area contributed by atoms with Crippen molar-refractivity contribution in [3.63, 3.8) is 0 Å². The smallest absolute Gasteiger partial charge is 0.272 e. The average Bonchev–Trinajstić information content (AvgIpc) is 3.07. The first-order valence-electron chi connectivity index (χ1n) is 7.59. The summed E-state index contributed by atoms with van der Waals surface area (Å²) < 4.78 is 0. The zero-order chi connectivity index (χ0) is 15.2. The van der Waals surface area contributed by atoms with Crippen molar-refractivity contribution in [3.8, 4) is 0 Å². The summed E-state index contributed by atoms with van der Waals surface area (Å²) in [5.41, 5.74) is 1.12. The van der Waals surface area contributed by atoms with E-state index in [1.165, 1.54) is 25.7 Å². The zero-order valence-corrected chi connectivity index (χ0v) is 12.3. The first-order valence-corrected chi connectivity index (χ1v) is 7.59. The minimum atomic E-state index is -0.245. The summed E-state index contributed by atoms with van der Waals surface area (Å²) >= 11 is 0. The number of carbonyl (C=O) groups excluding carboxylic acids is 1. The second-order valence-corrected chi connectivity index (χ2v) is 5.43. The van der Waals surface area contributed by atoms with Crippen LogP contribution < -0.4 is 10.6 Å². The largest absolute Gasteiger partial charge is 0.366 e. The molecule has 1 aliphatic carbocycles. The van der Waals surface area contributed by atoms with Gasteiger partial charge in [-0.05, 0) is 37.1 Å². The number of rotatable bonds is 5. The lowest BCUT2D eigenvalue weighted by molar-refractivity contribution is 0.0944. The number of nitrogens with zero attached hydrogens (tertiary/aromatic N) is 3. The van der Waals surface area contributed by atoms with Gasteiger partial charge in [-0.15, -0.1) is 10.2 Å². The lowest BCUT2D eigenvalue weighted by atomic mass is 10.2. The highest BCUT2D eigenvalue weighted by Crippen LogP contribution is 2.20. The third kappa shape index (κ3) is 3.78. The van der Waals surface area contributed by atoms with Gasteiger partial charge in [-0.2, -0.15) is 0 Å². The Balaban J connectivity index is 1.54. The Labute approximate surface area is 129 Å². The molecule has 6 heteroatoms. The van der Waals surface area contributed by atoms with Crippen molar-refractivity contribution in [1.29, 1.82) is 0 Å².